The molecular weight excluding hydrogens is 537 g/mol. The van der Waals surface area contributed by atoms with Crippen molar-refractivity contribution in [3.05, 3.63) is 46.4 Å². The Labute approximate surface area is 216 Å². The Bertz CT molecular complexity index is 1260. The molecule has 192 valence electrons. The van der Waals surface area contributed by atoms with Crippen molar-refractivity contribution in [2.24, 2.45) is 0 Å². The minimum Gasteiger partial charge on any atom is -0.495 e. The van der Waals surface area contributed by atoms with E-state index in [4.69, 9.17) is 32.7 Å². The molecule has 2 heterocycles. The van der Waals surface area contributed by atoms with Gasteiger partial charge in [0.1, 0.15) is 5.75 Å². The SMILES string of the molecule is COc1ccc(S(=O)(=O)NC[C@@H]2CCCO2)cc1N1CCN(S(=O)(=O)c2cc(Cl)cc(Cl)c2)CC1. The first-order chi connectivity index (χ1) is 16.6. The topological polar surface area (TPSA) is 105 Å². The molecule has 2 saturated heterocycles. The first kappa shape index (κ1) is 26.5. The van der Waals surface area contributed by atoms with Crippen LogP contribution in [0.5, 0.6) is 5.75 Å². The molecule has 0 radical (unpaired) electrons. The van der Waals surface area contributed by atoms with Gasteiger partial charge in [0.05, 0.1) is 28.7 Å². The number of methoxy groups -OCH3 is 1. The Morgan fingerprint density at radius 2 is 1.69 bits per heavy atom. The highest BCUT2D eigenvalue weighted by atomic mass is 35.5. The highest BCUT2D eigenvalue weighted by Crippen LogP contribution is 2.33. The van der Waals surface area contributed by atoms with Gasteiger partial charge >= 0.3 is 0 Å². The molecule has 0 bridgehead atoms. The molecule has 0 unspecified atom stereocenters. The van der Waals surface area contributed by atoms with Crippen LogP contribution in [0, 0.1) is 0 Å². The van der Waals surface area contributed by atoms with Crippen LogP contribution >= 0.6 is 23.2 Å². The summed E-state index contributed by atoms with van der Waals surface area (Å²) in [5, 5.41) is 0.483. The zero-order valence-electron chi connectivity index (χ0n) is 19.1. The monoisotopic (exact) mass is 563 g/mol. The van der Waals surface area contributed by atoms with Crippen molar-refractivity contribution in [2.45, 2.75) is 28.7 Å². The van der Waals surface area contributed by atoms with Crippen LogP contribution in [0.4, 0.5) is 5.69 Å². The van der Waals surface area contributed by atoms with Gasteiger partial charge in [-0.2, -0.15) is 4.31 Å². The summed E-state index contributed by atoms with van der Waals surface area (Å²) in [4.78, 5) is 2.05. The second-order valence-corrected chi connectivity index (χ2v) is 12.9. The number of halogens is 2. The summed E-state index contributed by atoms with van der Waals surface area (Å²) in [7, 11) is -6.04. The number of nitrogens with one attached hydrogen (secondary N) is 1. The van der Waals surface area contributed by atoms with Crippen LogP contribution in [-0.4, -0.2) is 73.7 Å². The maximum absolute atomic E-state index is 13.1. The third-order valence-corrected chi connectivity index (χ3v) is 9.77. The molecule has 2 aliphatic heterocycles. The summed E-state index contributed by atoms with van der Waals surface area (Å²) in [5.74, 6) is 0.501. The number of rotatable bonds is 8. The third kappa shape index (κ3) is 6.04. The smallest absolute Gasteiger partial charge is 0.243 e. The van der Waals surface area contributed by atoms with Crippen LogP contribution in [-0.2, 0) is 24.8 Å². The molecule has 0 saturated carbocycles. The molecule has 1 N–H and O–H groups in total. The normalized spacial score (nSPS) is 19.7. The molecular formula is C22H27Cl2N3O6S2. The molecule has 2 aromatic carbocycles. The highest BCUT2D eigenvalue weighted by Gasteiger charge is 2.30. The summed E-state index contributed by atoms with van der Waals surface area (Å²) >= 11 is 12.0. The van der Waals surface area contributed by atoms with E-state index in [0.29, 0.717) is 31.1 Å². The zero-order valence-corrected chi connectivity index (χ0v) is 22.3. The molecule has 13 heteroatoms. The van der Waals surface area contributed by atoms with E-state index < -0.39 is 20.0 Å². The highest BCUT2D eigenvalue weighted by molar-refractivity contribution is 7.89. The Morgan fingerprint density at radius 1 is 1.00 bits per heavy atom. The van der Waals surface area contributed by atoms with Crippen LogP contribution in [0.1, 0.15) is 12.8 Å². The lowest BCUT2D eigenvalue weighted by Crippen LogP contribution is -2.48. The van der Waals surface area contributed by atoms with Crippen molar-refractivity contribution in [1.29, 1.82) is 0 Å². The van der Waals surface area contributed by atoms with Crippen LogP contribution in [0.25, 0.3) is 0 Å². The van der Waals surface area contributed by atoms with E-state index in [1.54, 1.807) is 12.1 Å². The lowest BCUT2D eigenvalue weighted by Gasteiger charge is -2.36. The van der Waals surface area contributed by atoms with E-state index in [0.717, 1.165) is 12.8 Å². The maximum Gasteiger partial charge on any atom is 0.243 e. The number of nitrogens with zero attached hydrogens (tertiary/aromatic N) is 2. The standard InChI is InChI=1S/C22H27Cl2N3O6S2/c1-32-22-5-4-19(34(28,29)25-15-18-3-2-10-33-18)14-21(22)26-6-8-27(9-7-26)35(30,31)20-12-16(23)11-17(24)13-20/h4-5,11-14,18,25H,2-3,6-10,15H2,1H3/t18-/m0/s1. The number of anilines is 1. The molecule has 0 spiro atoms. The van der Waals surface area contributed by atoms with Gasteiger partial charge in [-0.15, -0.1) is 0 Å². The summed E-state index contributed by atoms with van der Waals surface area (Å²) in [5.41, 5.74) is 0.579. The fraction of sp³-hybridized carbons (Fsp3) is 0.455. The third-order valence-electron chi connectivity index (χ3n) is 6.04. The van der Waals surface area contributed by atoms with Crippen molar-refractivity contribution < 1.29 is 26.3 Å². The van der Waals surface area contributed by atoms with E-state index >= 15 is 0 Å². The number of sulfonamides is 2. The van der Waals surface area contributed by atoms with Crippen LogP contribution in [0.15, 0.2) is 46.2 Å². The molecule has 9 nitrogen and oxygen atoms in total. The van der Waals surface area contributed by atoms with Gasteiger partial charge in [0.2, 0.25) is 20.0 Å². The fourth-order valence-electron chi connectivity index (χ4n) is 4.17. The molecule has 0 aromatic heterocycles. The number of hydrogen-bond donors (Lipinski definition) is 1. The first-order valence-corrected chi connectivity index (χ1v) is 14.8. The van der Waals surface area contributed by atoms with E-state index in [-0.39, 0.29) is 45.6 Å². The number of hydrogen-bond acceptors (Lipinski definition) is 7. The van der Waals surface area contributed by atoms with Gasteiger partial charge in [0.25, 0.3) is 0 Å². The minimum atomic E-state index is -3.79. The van der Waals surface area contributed by atoms with Crippen molar-refractivity contribution in [3.63, 3.8) is 0 Å². The summed E-state index contributed by atoms with van der Waals surface area (Å²) in [6.45, 7) is 1.94. The number of piperazine rings is 1. The van der Waals surface area contributed by atoms with Crippen LogP contribution in [0.3, 0.4) is 0 Å². The lowest BCUT2D eigenvalue weighted by atomic mass is 10.2. The van der Waals surface area contributed by atoms with Crippen LogP contribution < -0.4 is 14.4 Å². The van der Waals surface area contributed by atoms with E-state index in [1.165, 1.54) is 35.7 Å². The Kier molecular flexibility index (Phi) is 8.16. The predicted molar refractivity (Wildman–Crippen MR) is 135 cm³/mol. The van der Waals surface area contributed by atoms with Gasteiger partial charge in [0, 0.05) is 49.4 Å². The quantitative estimate of drug-likeness (QED) is 0.526. The Balaban J connectivity index is 1.49. The summed E-state index contributed by atoms with van der Waals surface area (Å²) in [6.07, 6.45) is 1.63. The van der Waals surface area contributed by atoms with Crippen molar-refractivity contribution in [1.82, 2.24) is 9.03 Å². The molecule has 1 atom stereocenters. The average molecular weight is 565 g/mol. The second-order valence-electron chi connectivity index (χ2n) is 8.32. The van der Waals surface area contributed by atoms with Crippen molar-refractivity contribution in [2.75, 3.05) is 51.3 Å². The number of ether oxygens (including phenoxy) is 2. The second kappa shape index (κ2) is 10.8. The zero-order chi connectivity index (χ0) is 25.2. The van der Waals surface area contributed by atoms with Crippen molar-refractivity contribution >= 4 is 48.9 Å². The van der Waals surface area contributed by atoms with Gasteiger partial charge in [0.15, 0.2) is 0 Å². The summed E-state index contributed by atoms with van der Waals surface area (Å²) < 4.78 is 66.9. The van der Waals surface area contributed by atoms with Crippen LogP contribution in [0.2, 0.25) is 10.0 Å². The average Bonchev–Trinajstić information content (AvgIpc) is 3.36. The Hall–Kier alpha value is -1.60. The summed E-state index contributed by atoms with van der Waals surface area (Å²) in [6, 6.07) is 8.86. The molecule has 4 rings (SSSR count). The largest absolute Gasteiger partial charge is 0.495 e. The molecule has 2 aromatic rings. The fourth-order valence-corrected chi connectivity index (χ4v) is 7.41. The van der Waals surface area contributed by atoms with E-state index in [9.17, 15) is 16.8 Å². The lowest BCUT2D eigenvalue weighted by molar-refractivity contribution is 0.114. The van der Waals surface area contributed by atoms with Gasteiger partial charge in [-0.25, -0.2) is 21.6 Å². The van der Waals surface area contributed by atoms with Gasteiger partial charge in [-0.05, 0) is 49.2 Å². The molecule has 0 amide bonds. The molecule has 0 aliphatic carbocycles. The number of benzene rings is 2. The molecule has 2 fully saturated rings. The predicted octanol–water partition coefficient (Wildman–Crippen LogP) is 2.97. The maximum atomic E-state index is 13.1. The van der Waals surface area contributed by atoms with Gasteiger partial charge in [-0.1, -0.05) is 23.2 Å². The first-order valence-electron chi connectivity index (χ1n) is 11.1. The van der Waals surface area contributed by atoms with E-state index in [2.05, 4.69) is 4.72 Å². The molecule has 35 heavy (non-hydrogen) atoms. The van der Waals surface area contributed by atoms with E-state index in [1.807, 2.05) is 4.90 Å². The minimum absolute atomic E-state index is 0.0337. The molecule has 2 aliphatic rings. The van der Waals surface area contributed by atoms with Gasteiger partial charge in [-0.3, -0.25) is 0 Å². The van der Waals surface area contributed by atoms with Gasteiger partial charge < -0.3 is 14.4 Å². The van der Waals surface area contributed by atoms with Crippen molar-refractivity contribution in [3.8, 4) is 5.75 Å². The Morgan fingerprint density at radius 3 is 2.29 bits per heavy atom.